The lowest BCUT2D eigenvalue weighted by Crippen LogP contribution is -2.47. The lowest BCUT2D eigenvalue weighted by Gasteiger charge is -2.30. The minimum absolute atomic E-state index is 0.0982. The molecule has 2 amide bonds. The van der Waals surface area contributed by atoms with Crippen LogP contribution in [0.3, 0.4) is 0 Å². The summed E-state index contributed by atoms with van der Waals surface area (Å²) in [5, 5.41) is 14.8. The highest BCUT2D eigenvalue weighted by atomic mass is 16.4. The molecule has 0 aromatic heterocycles. The van der Waals surface area contributed by atoms with Crippen LogP contribution in [0.25, 0.3) is 0 Å². The number of hydrogen-bond acceptors (Lipinski definition) is 3. The molecule has 21 heavy (non-hydrogen) atoms. The molecule has 1 saturated heterocycles. The molecular weight excluding hydrogens is 270 g/mol. The predicted octanol–water partition coefficient (Wildman–Crippen LogP) is 1.91. The van der Waals surface area contributed by atoms with E-state index < -0.39 is 5.97 Å². The van der Waals surface area contributed by atoms with E-state index in [2.05, 4.69) is 15.5 Å². The molecular formula is C15H21N3O3. The Morgan fingerprint density at radius 1 is 1.38 bits per heavy atom. The fourth-order valence-electron chi connectivity index (χ4n) is 2.63. The number of carbonyl (C=O) groups is 2. The average molecular weight is 291 g/mol. The van der Waals surface area contributed by atoms with Crippen LogP contribution in [-0.4, -0.2) is 48.2 Å². The Labute approximate surface area is 124 Å². The molecule has 0 aliphatic carbocycles. The molecule has 1 heterocycles. The third-order valence-corrected chi connectivity index (χ3v) is 3.70. The Hall–Kier alpha value is -2.08. The number of carbonyl (C=O) groups excluding carboxylic acids is 1. The summed E-state index contributed by atoms with van der Waals surface area (Å²) in [6.45, 7) is 3.63. The molecule has 6 heteroatoms. The number of urea groups is 1. The minimum atomic E-state index is -1.05. The summed E-state index contributed by atoms with van der Waals surface area (Å²) in [6, 6.07) is 4.67. The summed E-state index contributed by atoms with van der Waals surface area (Å²) in [4.78, 5) is 25.5. The van der Waals surface area contributed by atoms with Gasteiger partial charge in [-0.05, 0) is 45.0 Å². The maximum atomic E-state index is 12.1. The van der Waals surface area contributed by atoms with Crippen LogP contribution in [0.15, 0.2) is 18.2 Å². The minimum Gasteiger partial charge on any atom is -0.478 e. The van der Waals surface area contributed by atoms with Crippen LogP contribution in [0.1, 0.15) is 28.8 Å². The average Bonchev–Trinajstić information content (AvgIpc) is 2.40. The molecule has 1 aromatic rings. The number of rotatable bonds is 3. The van der Waals surface area contributed by atoms with Gasteiger partial charge >= 0.3 is 12.0 Å². The summed E-state index contributed by atoms with van der Waals surface area (Å²) in [7, 11) is 2.02. The van der Waals surface area contributed by atoms with Gasteiger partial charge in [0.1, 0.15) is 0 Å². The van der Waals surface area contributed by atoms with Gasteiger partial charge in [0.2, 0.25) is 0 Å². The number of nitrogens with one attached hydrogen (secondary N) is 2. The number of aromatic carboxylic acids is 1. The van der Waals surface area contributed by atoms with E-state index in [1.54, 1.807) is 19.1 Å². The first-order chi connectivity index (χ1) is 9.97. The molecule has 1 aliphatic rings. The van der Waals surface area contributed by atoms with Crippen LogP contribution in [-0.2, 0) is 0 Å². The van der Waals surface area contributed by atoms with Crippen LogP contribution in [0.4, 0.5) is 10.5 Å². The van der Waals surface area contributed by atoms with Gasteiger partial charge in [0.25, 0.3) is 0 Å². The molecule has 0 bridgehead atoms. The van der Waals surface area contributed by atoms with Gasteiger partial charge < -0.3 is 20.6 Å². The topological polar surface area (TPSA) is 81.7 Å². The number of likely N-dealkylation sites (N-methyl/N-ethyl adjacent to an activating group) is 1. The standard InChI is InChI=1S/C15H21N3O3/c1-10-5-3-7-12(14(19)20)13(10)17-15(21)16-11-6-4-8-18(2)9-11/h3,5,7,11H,4,6,8-9H2,1-2H3,(H,19,20)(H2,16,17,21). The highest BCUT2D eigenvalue weighted by Gasteiger charge is 2.20. The fraction of sp³-hybridized carbons (Fsp3) is 0.467. The molecule has 0 saturated carbocycles. The fourth-order valence-corrected chi connectivity index (χ4v) is 2.63. The summed E-state index contributed by atoms with van der Waals surface area (Å²) >= 11 is 0. The molecule has 0 spiro atoms. The van der Waals surface area contributed by atoms with Crippen molar-refractivity contribution in [1.29, 1.82) is 0 Å². The molecule has 3 N–H and O–H groups in total. The Morgan fingerprint density at radius 2 is 2.14 bits per heavy atom. The van der Waals surface area contributed by atoms with E-state index >= 15 is 0 Å². The van der Waals surface area contributed by atoms with Gasteiger partial charge in [-0.25, -0.2) is 9.59 Å². The Morgan fingerprint density at radius 3 is 2.81 bits per heavy atom. The van der Waals surface area contributed by atoms with E-state index in [1.165, 1.54) is 6.07 Å². The molecule has 6 nitrogen and oxygen atoms in total. The van der Waals surface area contributed by atoms with E-state index in [1.807, 2.05) is 7.05 Å². The SMILES string of the molecule is Cc1cccc(C(=O)O)c1NC(=O)NC1CCCN(C)C1. The second-order valence-electron chi connectivity index (χ2n) is 5.50. The molecule has 1 aliphatic heterocycles. The van der Waals surface area contributed by atoms with Crippen molar-refractivity contribution in [1.82, 2.24) is 10.2 Å². The second kappa shape index (κ2) is 6.58. The number of nitrogens with zero attached hydrogens (tertiary/aromatic N) is 1. The van der Waals surface area contributed by atoms with Gasteiger partial charge in [0, 0.05) is 12.6 Å². The van der Waals surface area contributed by atoms with E-state index in [9.17, 15) is 14.7 Å². The maximum Gasteiger partial charge on any atom is 0.337 e. The largest absolute Gasteiger partial charge is 0.478 e. The summed E-state index contributed by atoms with van der Waals surface area (Å²) < 4.78 is 0. The quantitative estimate of drug-likeness (QED) is 0.794. The lowest BCUT2D eigenvalue weighted by atomic mass is 10.1. The third kappa shape index (κ3) is 3.95. The molecule has 114 valence electrons. The van der Waals surface area contributed by atoms with Gasteiger partial charge in [-0.3, -0.25) is 0 Å². The first-order valence-corrected chi connectivity index (χ1v) is 7.06. The highest BCUT2D eigenvalue weighted by molar-refractivity contribution is 6.01. The summed E-state index contributed by atoms with van der Waals surface area (Å²) in [6.07, 6.45) is 1.99. The van der Waals surface area contributed by atoms with E-state index in [0.29, 0.717) is 5.69 Å². The zero-order valence-electron chi connectivity index (χ0n) is 12.3. The van der Waals surface area contributed by atoms with Gasteiger partial charge in [0.15, 0.2) is 0 Å². The Bertz CT molecular complexity index is 545. The first-order valence-electron chi connectivity index (χ1n) is 7.06. The zero-order valence-corrected chi connectivity index (χ0v) is 12.3. The van der Waals surface area contributed by atoms with Crippen molar-refractivity contribution in [2.24, 2.45) is 0 Å². The molecule has 1 fully saturated rings. The number of hydrogen-bond donors (Lipinski definition) is 3. The number of anilines is 1. The number of para-hydroxylation sites is 1. The predicted molar refractivity (Wildman–Crippen MR) is 80.8 cm³/mol. The number of aryl methyl sites for hydroxylation is 1. The molecule has 1 aromatic carbocycles. The van der Waals surface area contributed by atoms with Crippen molar-refractivity contribution in [3.63, 3.8) is 0 Å². The number of likely N-dealkylation sites (tertiary alicyclic amines) is 1. The van der Waals surface area contributed by atoms with Crippen LogP contribution < -0.4 is 10.6 Å². The van der Waals surface area contributed by atoms with Gasteiger partial charge in [-0.2, -0.15) is 0 Å². The van der Waals surface area contributed by atoms with Crippen molar-refractivity contribution in [2.75, 3.05) is 25.5 Å². The number of carboxylic acid groups (broad SMARTS) is 1. The zero-order chi connectivity index (χ0) is 15.4. The summed E-state index contributed by atoms with van der Waals surface area (Å²) in [5.41, 5.74) is 1.18. The molecule has 0 radical (unpaired) electrons. The molecule has 2 rings (SSSR count). The molecule has 1 unspecified atom stereocenters. The van der Waals surface area contributed by atoms with Crippen LogP contribution in [0.5, 0.6) is 0 Å². The normalized spacial score (nSPS) is 19.0. The van der Waals surface area contributed by atoms with Crippen LogP contribution in [0.2, 0.25) is 0 Å². The summed E-state index contributed by atoms with van der Waals surface area (Å²) in [5.74, 6) is -1.05. The van der Waals surface area contributed by atoms with E-state index in [-0.39, 0.29) is 17.6 Å². The smallest absolute Gasteiger partial charge is 0.337 e. The number of benzene rings is 1. The van der Waals surface area contributed by atoms with Crippen molar-refractivity contribution < 1.29 is 14.7 Å². The van der Waals surface area contributed by atoms with Gasteiger partial charge in [0.05, 0.1) is 11.3 Å². The van der Waals surface area contributed by atoms with Crippen molar-refractivity contribution in [3.05, 3.63) is 29.3 Å². The van der Waals surface area contributed by atoms with E-state index in [0.717, 1.165) is 31.5 Å². The monoisotopic (exact) mass is 291 g/mol. The number of piperidine rings is 1. The van der Waals surface area contributed by atoms with E-state index in [4.69, 9.17) is 0 Å². The first kappa shape index (κ1) is 15.3. The van der Waals surface area contributed by atoms with Crippen molar-refractivity contribution in [2.45, 2.75) is 25.8 Å². The Kier molecular flexibility index (Phi) is 4.80. The second-order valence-corrected chi connectivity index (χ2v) is 5.50. The van der Waals surface area contributed by atoms with Gasteiger partial charge in [-0.1, -0.05) is 12.1 Å². The molecule has 1 atom stereocenters. The maximum absolute atomic E-state index is 12.1. The lowest BCUT2D eigenvalue weighted by molar-refractivity contribution is 0.0698. The number of carboxylic acids is 1. The van der Waals surface area contributed by atoms with Crippen LogP contribution in [0, 0.1) is 6.92 Å². The third-order valence-electron chi connectivity index (χ3n) is 3.70. The highest BCUT2D eigenvalue weighted by Crippen LogP contribution is 2.20. The van der Waals surface area contributed by atoms with Gasteiger partial charge in [-0.15, -0.1) is 0 Å². The Balaban J connectivity index is 2.04. The van der Waals surface area contributed by atoms with Crippen molar-refractivity contribution >= 4 is 17.7 Å². The van der Waals surface area contributed by atoms with Crippen LogP contribution >= 0.6 is 0 Å². The number of amides is 2. The van der Waals surface area contributed by atoms with Crippen molar-refractivity contribution in [3.8, 4) is 0 Å².